The van der Waals surface area contributed by atoms with E-state index < -0.39 is 61.1 Å². The van der Waals surface area contributed by atoms with Crippen molar-refractivity contribution in [2.75, 3.05) is 19.9 Å². The van der Waals surface area contributed by atoms with Gasteiger partial charge in [-0.05, 0) is 12.1 Å². The number of hydrogen-bond donors (Lipinski definition) is 5. The SMILES string of the molecule is COc1cc(C(=O)[P+](O)(O)CCC(N)C(=O)O)cc(F)c1OCC(=O)O. The Morgan fingerprint density at radius 3 is 2.38 bits per heavy atom. The molecule has 0 fully saturated rings. The predicted molar refractivity (Wildman–Crippen MR) is 86.9 cm³/mol. The Morgan fingerprint density at radius 2 is 1.88 bits per heavy atom. The first-order valence-electron chi connectivity index (χ1n) is 7.08. The van der Waals surface area contributed by atoms with Gasteiger partial charge in [-0.2, -0.15) is 0 Å². The first-order chi connectivity index (χ1) is 12.0. The molecule has 0 aromatic heterocycles. The molecule has 1 unspecified atom stereocenters. The van der Waals surface area contributed by atoms with Crippen molar-refractivity contribution < 1.29 is 48.2 Å². The number of benzene rings is 1. The van der Waals surface area contributed by atoms with Gasteiger partial charge in [0.15, 0.2) is 23.9 Å². The maximum absolute atomic E-state index is 14.1. The van der Waals surface area contributed by atoms with Crippen LogP contribution in [0.15, 0.2) is 12.1 Å². The molecule has 0 amide bonds. The molecule has 0 bridgehead atoms. The smallest absolute Gasteiger partial charge is 0.356 e. The number of carboxylic acid groups (broad SMARTS) is 2. The second kappa shape index (κ2) is 8.86. The van der Waals surface area contributed by atoms with Gasteiger partial charge in [-0.1, -0.05) is 0 Å². The Kier molecular flexibility index (Phi) is 7.40. The van der Waals surface area contributed by atoms with Gasteiger partial charge in [0.25, 0.3) is 0 Å². The molecule has 0 aliphatic rings. The van der Waals surface area contributed by atoms with Crippen LogP contribution in [0.5, 0.6) is 11.5 Å². The molecule has 1 aromatic rings. The third kappa shape index (κ3) is 5.60. The summed E-state index contributed by atoms with van der Waals surface area (Å²) in [6, 6.07) is 0.209. The summed E-state index contributed by atoms with van der Waals surface area (Å²) < 4.78 is 23.7. The summed E-state index contributed by atoms with van der Waals surface area (Å²) in [5.74, 6) is -4.76. The standard InChI is InChI=1S/C14H17FNO9P/c1-24-10-5-7(4-8(15)12(10)25-6-11(17)18)14(21)26(22,23)3-2-9(16)13(19)20/h4-5,9,22-23H,2-3,6,16H2,1H3,(H-,17,18,19,20)/p+1. The van der Waals surface area contributed by atoms with E-state index in [1.807, 2.05) is 0 Å². The molecule has 26 heavy (non-hydrogen) atoms. The number of hydrogen-bond acceptors (Lipinski definition) is 8. The van der Waals surface area contributed by atoms with Crippen molar-refractivity contribution in [1.82, 2.24) is 0 Å². The van der Waals surface area contributed by atoms with Crippen LogP contribution in [-0.2, 0) is 9.59 Å². The van der Waals surface area contributed by atoms with Crippen LogP contribution in [0.2, 0.25) is 0 Å². The molecule has 1 atom stereocenters. The number of carbonyl (C=O) groups is 3. The Labute approximate surface area is 147 Å². The highest BCUT2D eigenvalue weighted by molar-refractivity contribution is 7.81. The molecule has 144 valence electrons. The second-order valence-electron chi connectivity index (χ2n) is 5.16. The third-order valence-corrected chi connectivity index (χ3v) is 5.00. The van der Waals surface area contributed by atoms with E-state index >= 15 is 0 Å². The van der Waals surface area contributed by atoms with Crippen LogP contribution in [-0.4, -0.2) is 63.4 Å². The average Bonchev–Trinajstić information content (AvgIpc) is 2.56. The number of nitrogens with two attached hydrogens (primary N) is 1. The lowest BCUT2D eigenvalue weighted by molar-refractivity contribution is -0.140. The first kappa shape index (κ1) is 21.7. The zero-order chi connectivity index (χ0) is 20.1. The number of ether oxygens (including phenoxy) is 2. The van der Waals surface area contributed by atoms with Crippen LogP contribution in [0.25, 0.3) is 0 Å². The Bertz CT molecular complexity index is 710. The Hall–Kier alpha value is -2.33. The summed E-state index contributed by atoms with van der Waals surface area (Å²) in [6.45, 7) is -0.857. The van der Waals surface area contributed by atoms with Crippen molar-refractivity contribution in [3.05, 3.63) is 23.5 Å². The van der Waals surface area contributed by atoms with Gasteiger partial charge in [0.1, 0.15) is 12.2 Å². The fourth-order valence-corrected chi connectivity index (χ4v) is 3.25. The average molecular weight is 394 g/mol. The van der Waals surface area contributed by atoms with Gasteiger partial charge in [0.2, 0.25) is 0 Å². The van der Waals surface area contributed by atoms with Crippen molar-refractivity contribution in [2.45, 2.75) is 12.5 Å². The molecule has 0 spiro atoms. The van der Waals surface area contributed by atoms with Gasteiger partial charge in [0, 0.05) is 6.42 Å². The maximum Gasteiger partial charge on any atom is 0.356 e. The molecule has 0 saturated heterocycles. The number of aliphatic carboxylic acids is 2. The highest BCUT2D eigenvalue weighted by Gasteiger charge is 2.45. The molecule has 6 N–H and O–H groups in total. The van der Waals surface area contributed by atoms with Crippen LogP contribution < -0.4 is 15.2 Å². The summed E-state index contributed by atoms with van der Waals surface area (Å²) in [4.78, 5) is 53.3. The van der Waals surface area contributed by atoms with Gasteiger partial charge in [-0.3, -0.25) is 4.79 Å². The van der Waals surface area contributed by atoms with Gasteiger partial charge >= 0.3 is 25.2 Å². The van der Waals surface area contributed by atoms with E-state index in [2.05, 4.69) is 0 Å². The van der Waals surface area contributed by atoms with E-state index in [1.54, 1.807) is 0 Å². The fraction of sp³-hybridized carbons (Fsp3) is 0.357. The number of methoxy groups -OCH3 is 1. The Balaban J connectivity index is 3.06. The summed E-state index contributed by atoms with van der Waals surface area (Å²) in [7, 11) is -3.17. The number of halogens is 1. The summed E-state index contributed by atoms with van der Waals surface area (Å²) >= 11 is 0. The molecule has 10 nitrogen and oxygen atoms in total. The normalized spacial score (nSPS) is 12.3. The summed E-state index contributed by atoms with van der Waals surface area (Å²) in [5.41, 5.74) is 3.58. The lowest BCUT2D eigenvalue weighted by Gasteiger charge is -2.14. The van der Waals surface area contributed by atoms with Crippen LogP contribution in [0.1, 0.15) is 16.8 Å². The number of carboxylic acids is 2. The van der Waals surface area contributed by atoms with Crippen molar-refractivity contribution in [3.63, 3.8) is 0 Å². The van der Waals surface area contributed by atoms with Gasteiger partial charge in [-0.25, -0.2) is 23.8 Å². The molecule has 0 aliphatic carbocycles. The van der Waals surface area contributed by atoms with E-state index in [1.165, 1.54) is 0 Å². The minimum atomic E-state index is -4.28. The lowest BCUT2D eigenvalue weighted by Crippen LogP contribution is -2.31. The van der Waals surface area contributed by atoms with E-state index in [9.17, 15) is 28.6 Å². The van der Waals surface area contributed by atoms with Crippen LogP contribution in [0.4, 0.5) is 4.39 Å². The van der Waals surface area contributed by atoms with Gasteiger partial charge in [0.05, 0.1) is 12.7 Å². The third-order valence-electron chi connectivity index (χ3n) is 3.21. The molecule has 1 rings (SSSR count). The van der Waals surface area contributed by atoms with Gasteiger partial charge in [-0.15, -0.1) is 0 Å². The van der Waals surface area contributed by atoms with Crippen molar-refractivity contribution in [3.8, 4) is 11.5 Å². The quantitative estimate of drug-likeness (QED) is 0.341. The molecule has 12 heteroatoms. The monoisotopic (exact) mass is 394 g/mol. The number of carbonyl (C=O) groups excluding carboxylic acids is 1. The van der Waals surface area contributed by atoms with Crippen molar-refractivity contribution >= 4 is 25.2 Å². The molecular weight excluding hydrogens is 376 g/mol. The molecular formula is C14H18FNO9P+. The lowest BCUT2D eigenvalue weighted by atomic mass is 10.2. The van der Waals surface area contributed by atoms with Crippen molar-refractivity contribution in [1.29, 1.82) is 0 Å². The maximum atomic E-state index is 14.1. The fourth-order valence-electron chi connectivity index (χ4n) is 1.87. The zero-order valence-electron chi connectivity index (χ0n) is 13.6. The van der Waals surface area contributed by atoms with Crippen molar-refractivity contribution in [2.24, 2.45) is 5.73 Å². The molecule has 0 aliphatic heterocycles. The highest BCUT2D eigenvalue weighted by Crippen LogP contribution is 2.54. The van der Waals surface area contributed by atoms with E-state index in [4.69, 9.17) is 25.4 Å². The summed E-state index contributed by atoms with van der Waals surface area (Å²) in [5, 5.41) is 17.2. The largest absolute Gasteiger partial charge is 0.493 e. The minimum absolute atomic E-state index is 0.322. The Morgan fingerprint density at radius 1 is 1.27 bits per heavy atom. The van der Waals surface area contributed by atoms with Crippen LogP contribution in [0, 0.1) is 5.82 Å². The van der Waals surface area contributed by atoms with Crippen LogP contribution in [0.3, 0.4) is 0 Å². The summed E-state index contributed by atoms with van der Waals surface area (Å²) in [6.07, 6.45) is -0.970. The second-order valence-corrected chi connectivity index (χ2v) is 7.48. The van der Waals surface area contributed by atoms with Crippen LogP contribution >= 0.6 is 7.72 Å². The first-order valence-corrected chi connectivity index (χ1v) is 8.96. The minimum Gasteiger partial charge on any atom is -0.493 e. The van der Waals surface area contributed by atoms with E-state index in [-0.39, 0.29) is 12.2 Å². The number of rotatable bonds is 10. The highest BCUT2D eigenvalue weighted by atomic mass is 31.2. The van der Waals surface area contributed by atoms with Gasteiger partial charge < -0.3 is 25.4 Å². The zero-order valence-corrected chi connectivity index (χ0v) is 14.5. The molecule has 0 saturated carbocycles. The molecule has 0 heterocycles. The molecule has 0 radical (unpaired) electrons. The molecule has 1 aromatic carbocycles. The topological polar surface area (TPSA) is 177 Å². The van der Waals surface area contributed by atoms with E-state index in [0.717, 1.165) is 13.2 Å². The predicted octanol–water partition coefficient (Wildman–Crippen LogP) is 0.0721. The van der Waals surface area contributed by atoms with E-state index in [0.29, 0.717) is 6.07 Å².